The summed E-state index contributed by atoms with van der Waals surface area (Å²) in [6.45, 7) is 6.85. The van der Waals surface area contributed by atoms with Crippen molar-refractivity contribution in [1.82, 2.24) is 10.4 Å². The van der Waals surface area contributed by atoms with Crippen LogP contribution in [0.5, 0.6) is 0 Å². The van der Waals surface area contributed by atoms with Gasteiger partial charge in [0, 0.05) is 24.7 Å². The number of nitrogens with one attached hydrogen (secondary N) is 1. The Morgan fingerprint density at radius 2 is 1.92 bits per heavy atom. The third kappa shape index (κ3) is 2.21. The van der Waals surface area contributed by atoms with Crippen LogP contribution in [0.4, 0.5) is 10.2 Å². The topological polar surface area (TPSA) is 27.6 Å². The molecular formula is C20H22FN3. The van der Waals surface area contributed by atoms with Gasteiger partial charge in [-0.25, -0.2) is 0 Å². The molecule has 4 heteroatoms. The molecular weight excluding hydrogens is 301 g/mol. The van der Waals surface area contributed by atoms with Gasteiger partial charge in [0.15, 0.2) is 0 Å². The highest BCUT2D eigenvalue weighted by atomic mass is 19.2. The summed E-state index contributed by atoms with van der Waals surface area (Å²) in [7, 11) is 0. The second-order valence-electron chi connectivity index (χ2n) is 6.99. The largest absolute Gasteiger partial charge is 0.297 e. The Bertz CT molecular complexity index is 806. The molecule has 2 atom stereocenters. The summed E-state index contributed by atoms with van der Waals surface area (Å²) in [5, 5.41) is 4.32. The normalized spacial score (nSPS) is 25.6. The van der Waals surface area contributed by atoms with Gasteiger partial charge in [-0.1, -0.05) is 35.9 Å². The number of rotatable bonds is 2. The van der Waals surface area contributed by atoms with E-state index in [0.717, 1.165) is 16.4 Å². The molecule has 1 fully saturated rings. The van der Waals surface area contributed by atoms with Crippen LogP contribution in [0.2, 0.25) is 0 Å². The maximum Gasteiger partial charge on any atom is 0.127 e. The molecule has 0 bridgehead atoms. The van der Waals surface area contributed by atoms with Crippen molar-refractivity contribution in [3.63, 3.8) is 0 Å². The van der Waals surface area contributed by atoms with E-state index in [1.54, 1.807) is 6.21 Å². The average molecular weight is 323 g/mol. The highest BCUT2D eigenvalue weighted by molar-refractivity contribution is 5.85. The Morgan fingerprint density at radius 1 is 1.21 bits per heavy atom. The van der Waals surface area contributed by atoms with E-state index in [0.29, 0.717) is 13.0 Å². The van der Waals surface area contributed by atoms with E-state index in [2.05, 4.69) is 43.2 Å². The first-order valence-corrected chi connectivity index (χ1v) is 8.41. The molecule has 24 heavy (non-hydrogen) atoms. The summed E-state index contributed by atoms with van der Waals surface area (Å²) in [6, 6.07) is 12.1. The van der Waals surface area contributed by atoms with Crippen LogP contribution in [0, 0.1) is 20.8 Å². The molecule has 0 aliphatic carbocycles. The molecule has 1 spiro atoms. The molecule has 0 saturated carbocycles. The molecule has 0 radical (unpaired) electrons. The van der Waals surface area contributed by atoms with E-state index in [9.17, 15) is 0 Å². The van der Waals surface area contributed by atoms with Crippen LogP contribution in [0.15, 0.2) is 41.4 Å². The van der Waals surface area contributed by atoms with Crippen molar-refractivity contribution >= 4 is 11.9 Å². The minimum absolute atomic E-state index is 0.345. The Morgan fingerprint density at radius 3 is 2.67 bits per heavy atom. The van der Waals surface area contributed by atoms with Gasteiger partial charge in [-0.3, -0.25) is 10.3 Å². The number of aryl methyl sites for hydroxylation is 3. The van der Waals surface area contributed by atoms with Gasteiger partial charge in [-0.05, 0) is 43.5 Å². The fourth-order valence-electron chi connectivity index (χ4n) is 4.09. The monoisotopic (exact) mass is 323 g/mol. The molecule has 3 nitrogen and oxygen atoms in total. The van der Waals surface area contributed by atoms with Gasteiger partial charge in [0.1, 0.15) is 5.54 Å². The van der Waals surface area contributed by atoms with Crippen molar-refractivity contribution in [2.75, 3.05) is 6.54 Å². The molecule has 2 unspecified atom stereocenters. The van der Waals surface area contributed by atoms with E-state index in [1.807, 2.05) is 24.3 Å². The summed E-state index contributed by atoms with van der Waals surface area (Å²) in [6.07, 6.45) is 2.05. The lowest BCUT2D eigenvalue weighted by molar-refractivity contribution is -0.0537. The van der Waals surface area contributed by atoms with Crippen molar-refractivity contribution < 1.29 is 4.48 Å². The number of fused-ring (bicyclic) bond motifs is 2. The lowest BCUT2D eigenvalue weighted by Crippen LogP contribution is -2.42. The van der Waals surface area contributed by atoms with E-state index in [-0.39, 0.29) is 6.17 Å². The lowest BCUT2D eigenvalue weighted by Gasteiger charge is -2.28. The number of hydrogen-bond donors (Lipinski definition) is 1. The van der Waals surface area contributed by atoms with Gasteiger partial charge < -0.3 is 0 Å². The molecule has 0 amide bonds. The first-order valence-electron chi connectivity index (χ1n) is 8.41. The fourth-order valence-corrected chi connectivity index (χ4v) is 4.09. The summed E-state index contributed by atoms with van der Waals surface area (Å²) < 4.78 is 15.3. The second-order valence-corrected chi connectivity index (χ2v) is 6.99. The average Bonchev–Trinajstić information content (AvgIpc) is 3.07. The number of aliphatic imine (C=N–C) groups is 1. The van der Waals surface area contributed by atoms with Crippen LogP contribution in [-0.2, 0) is 12.0 Å². The van der Waals surface area contributed by atoms with Crippen LogP contribution >= 0.6 is 0 Å². The second kappa shape index (κ2) is 5.50. The molecule has 2 aromatic carbocycles. The van der Waals surface area contributed by atoms with Crippen molar-refractivity contribution in [1.29, 1.82) is 0 Å². The zero-order valence-electron chi connectivity index (χ0n) is 14.3. The predicted octanol–water partition coefficient (Wildman–Crippen LogP) is 3.88. The van der Waals surface area contributed by atoms with Gasteiger partial charge in [0.05, 0.1) is 11.9 Å². The molecule has 0 aromatic heterocycles. The highest BCUT2D eigenvalue weighted by Gasteiger charge is 2.50. The van der Waals surface area contributed by atoms with Crippen molar-refractivity contribution in [3.8, 4) is 0 Å². The van der Waals surface area contributed by atoms with Crippen molar-refractivity contribution in [3.05, 3.63) is 64.2 Å². The smallest absolute Gasteiger partial charge is 0.127 e. The zero-order chi connectivity index (χ0) is 16.9. The highest BCUT2D eigenvalue weighted by Crippen LogP contribution is 2.43. The van der Waals surface area contributed by atoms with E-state index in [1.165, 1.54) is 22.3 Å². The minimum atomic E-state index is -0.770. The maximum atomic E-state index is 15.3. The number of halogens is 1. The Hall–Kier alpha value is -2.04. The molecule has 1 N–H and O–H groups in total. The number of nitrogens with zero attached hydrogens (tertiary/aromatic N) is 2. The summed E-state index contributed by atoms with van der Waals surface area (Å²) in [5.74, 6) is 0. The van der Waals surface area contributed by atoms with Gasteiger partial charge in [-0.15, -0.1) is 9.60 Å². The van der Waals surface area contributed by atoms with Crippen LogP contribution in [-0.4, -0.2) is 24.0 Å². The van der Waals surface area contributed by atoms with Crippen LogP contribution in [0.25, 0.3) is 0 Å². The van der Waals surface area contributed by atoms with Gasteiger partial charge in [-0.2, -0.15) is 0 Å². The number of para-hydroxylation sites is 1. The van der Waals surface area contributed by atoms with E-state index < -0.39 is 5.54 Å². The first kappa shape index (κ1) is 15.5. The number of hydrogen-bond acceptors (Lipinski definition) is 3. The van der Waals surface area contributed by atoms with Crippen LogP contribution in [0.1, 0.15) is 27.8 Å². The first-order chi connectivity index (χ1) is 11.5. The molecule has 2 aromatic rings. The Balaban J connectivity index is 1.64. The predicted molar refractivity (Wildman–Crippen MR) is 95.4 cm³/mol. The molecule has 1 saturated heterocycles. The molecule has 2 aliphatic rings. The lowest BCUT2D eigenvalue weighted by atomic mass is 9.92. The van der Waals surface area contributed by atoms with Gasteiger partial charge in [0.25, 0.3) is 0 Å². The molecule has 124 valence electrons. The SMILES string of the molecule is Cc1cc(C)c(CC2NCC3(C=Nc4ccccc43)N2F)c(C)c1. The Labute approximate surface area is 142 Å². The summed E-state index contributed by atoms with van der Waals surface area (Å²) in [5.41, 5.74) is 5.96. The van der Waals surface area contributed by atoms with E-state index in [4.69, 9.17) is 0 Å². The van der Waals surface area contributed by atoms with Gasteiger partial charge in [0.2, 0.25) is 0 Å². The molecule has 2 heterocycles. The summed E-state index contributed by atoms with van der Waals surface area (Å²) >= 11 is 0. The standard InChI is InChI=1S/C20H22FN3/c1-13-8-14(2)16(15(3)9-13)10-19-23-12-20(24(19)21)11-22-18-7-5-4-6-17(18)20/h4-9,11,19,23H,10,12H2,1-3H3. The minimum Gasteiger partial charge on any atom is -0.297 e. The maximum absolute atomic E-state index is 15.3. The van der Waals surface area contributed by atoms with Crippen LogP contribution in [0.3, 0.4) is 0 Å². The van der Waals surface area contributed by atoms with Crippen LogP contribution < -0.4 is 5.32 Å². The third-order valence-electron chi connectivity index (χ3n) is 5.29. The summed E-state index contributed by atoms with van der Waals surface area (Å²) in [4.78, 5) is 4.43. The quantitative estimate of drug-likeness (QED) is 0.849. The number of benzene rings is 2. The molecule has 2 aliphatic heterocycles. The zero-order valence-corrected chi connectivity index (χ0v) is 14.3. The Kier molecular flexibility index (Phi) is 3.55. The van der Waals surface area contributed by atoms with Gasteiger partial charge >= 0.3 is 0 Å². The fraction of sp³-hybridized carbons (Fsp3) is 0.350. The third-order valence-corrected chi connectivity index (χ3v) is 5.29. The van der Waals surface area contributed by atoms with Crippen molar-refractivity contribution in [2.45, 2.75) is 38.9 Å². The van der Waals surface area contributed by atoms with Crippen molar-refractivity contribution in [2.24, 2.45) is 4.99 Å². The van der Waals surface area contributed by atoms with E-state index >= 15 is 4.48 Å². The molecule has 4 rings (SSSR count).